The fourth-order valence-corrected chi connectivity index (χ4v) is 8.87. The Hall–Kier alpha value is -2.88. The molecule has 9 heteroatoms. The van der Waals surface area contributed by atoms with Crippen LogP contribution in [0.1, 0.15) is 148 Å². The summed E-state index contributed by atoms with van der Waals surface area (Å²) >= 11 is 0. The number of ether oxygens (including phenoxy) is 2. The Morgan fingerprint density at radius 2 is 1.66 bits per heavy atom. The van der Waals surface area contributed by atoms with Crippen LogP contribution in [-0.4, -0.2) is 76.1 Å². The van der Waals surface area contributed by atoms with Crippen molar-refractivity contribution in [3.8, 4) is 11.5 Å². The summed E-state index contributed by atoms with van der Waals surface area (Å²) in [7, 11) is 1.88. The summed E-state index contributed by atoms with van der Waals surface area (Å²) in [6.45, 7) is 12.7. The molecule has 3 aliphatic rings. The highest BCUT2D eigenvalue weighted by molar-refractivity contribution is 6.03. The predicted octanol–water partition coefficient (Wildman–Crippen LogP) is 9.20. The fraction of sp³-hybridized carbons (Fsp3) is 0.727. The molecule has 1 aliphatic heterocycles. The minimum atomic E-state index is -1.26. The maximum Gasteiger partial charge on any atom is 0.239 e. The Bertz CT molecular complexity index is 1370. The molecule has 298 valence electrons. The summed E-state index contributed by atoms with van der Waals surface area (Å²) in [5.74, 6) is -0.640. The molecule has 1 amide bonds. The number of carbonyl (C=O) groups excluding carboxylic acids is 1. The number of phenols is 1. The molecule has 53 heavy (non-hydrogen) atoms. The molecule has 1 fully saturated rings. The van der Waals surface area contributed by atoms with Gasteiger partial charge >= 0.3 is 0 Å². The highest BCUT2D eigenvalue weighted by Crippen LogP contribution is 2.61. The van der Waals surface area contributed by atoms with Gasteiger partial charge in [-0.1, -0.05) is 88.4 Å². The predicted molar refractivity (Wildman–Crippen MR) is 212 cm³/mol. The van der Waals surface area contributed by atoms with Crippen LogP contribution in [0.25, 0.3) is 0 Å². The second-order valence-electron chi connectivity index (χ2n) is 16.6. The van der Waals surface area contributed by atoms with Gasteiger partial charge in [0.15, 0.2) is 0 Å². The molecule has 6 atom stereocenters. The van der Waals surface area contributed by atoms with Crippen molar-refractivity contribution in [3.63, 3.8) is 0 Å². The Labute approximate surface area is 319 Å². The van der Waals surface area contributed by atoms with Gasteiger partial charge in [0.05, 0.1) is 18.2 Å². The van der Waals surface area contributed by atoms with Gasteiger partial charge in [-0.25, -0.2) is 0 Å². The van der Waals surface area contributed by atoms with Gasteiger partial charge < -0.3 is 34.5 Å². The number of phenolic OH excluding ortho intramolecular Hbond substituents is 1. The van der Waals surface area contributed by atoms with Crippen LogP contribution in [0.15, 0.2) is 47.7 Å². The van der Waals surface area contributed by atoms with Gasteiger partial charge in [0.2, 0.25) is 11.7 Å². The molecule has 0 unspecified atom stereocenters. The first kappa shape index (κ1) is 42.9. The largest absolute Gasteiger partial charge is 0.508 e. The number of hydrogen-bond acceptors (Lipinski definition) is 8. The van der Waals surface area contributed by atoms with Crippen molar-refractivity contribution in [1.82, 2.24) is 4.90 Å². The van der Waals surface area contributed by atoms with Crippen LogP contribution in [0, 0.1) is 17.8 Å². The highest BCUT2D eigenvalue weighted by Gasteiger charge is 2.65. The molecule has 0 radical (unpaired) electrons. The van der Waals surface area contributed by atoms with E-state index in [1.54, 1.807) is 12.1 Å². The SMILES string of the molecule is C=CCO[C@@]12Oc3ccc(O)cc3[C@H]3[C@H](CCCCO)[C@@H](CCCCO)C=C(C(=NOC(C)(C)C)C[C@@H]1N(C)C(=O)CCCCCCCCCCC)[C@H]32. The minimum absolute atomic E-state index is 0.0527. The Kier molecular flexibility index (Phi) is 16.7. The number of benzene rings is 1. The number of aliphatic hydroxyl groups is 2. The first-order valence-electron chi connectivity index (χ1n) is 20.7. The second kappa shape index (κ2) is 20.7. The zero-order valence-electron chi connectivity index (χ0n) is 33.5. The average Bonchev–Trinajstić information content (AvgIpc) is 3.13. The molecular formula is C44H70N2O7. The Morgan fingerprint density at radius 3 is 2.30 bits per heavy atom. The molecule has 3 N–H and O–H groups in total. The first-order chi connectivity index (χ1) is 25.5. The average molecular weight is 739 g/mol. The lowest BCUT2D eigenvalue weighted by Gasteiger charge is -2.59. The molecule has 0 saturated heterocycles. The molecule has 1 aromatic carbocycles. The number of nitrogens with zero attached hydrogens (tertiary/aromatic N) is 2. The van der Waals surface area contributed by atoms with Gasteiger partial charge in [-0.3, -0.25) is 4.79 Å². The van der Waals surface area contributed by atoms with Gasteiger partial charge in [0.1, 0.15) is 23.1 Å². The molecule has 0 aromatic heterocycles. The molecule has 0 bridgehead atoms. The van der Waals surface area contributed by atoms with Crippen molar-refractivity contribution in [1.29, 1.82) is 0 Å². The van der Waals surface area contributed by atoms with E-state index in [0.29, 0.717) is 31.4 Å². The Balaban J connectivity index is 1.78. The molecule has 1 heterocycles. The summed E-state index contributed by atoms with van der Waals surface area (Å²) in [5, 5.41) is 35.2. The molecule has 1 saturated carbocycles. The number of rotatable bonds is 23. The van der Waals surface area contributed by atoms with E-state index in [2.05, 4.69) is 19.6 Å². The fourth-order valence-electron chi connectivity index (χ4n) is 8.87. The monoisotopic (exact) mass is 739 g/mol. The molecule has 9 nitrogen and oxygen atoms in total. The second-order valence-corrected chi connectivity index (χ2v) is 16.6. The van der Waals surface area contributed by atoms with Gasteiger partial charge in [-0.15, -0.1) is 6.58 Å². The minimum Gasteiger partial charge on any atom is -0.508 e. The lowest BCUT2D eigenvalue weighted by atomic mass is 9.55. The summed E-state index contributed by atoms with van der Waals surface area (Å²) in [6, 6.07) is 4.79. The van der Waals surface area contributed by atoms with E-state index in [0.717, 1.165) is 61.8 Å². The third kappa shape index (κ3) is 11.1. The molecule has 1 aromatic rings. The van der Waals surface area contributed by atoms with Crippen molar-refractivity contribution in [2.24, 2.45) is 22.9 Å². The summed E-state index contributed by atoms with van der Waals surface area (Å²) in [6.07, 6.45) is 20.4. The molecule has 2 aliphatic carbocycles. The molecular weight excluding hydrogens is 668 g/mol. The molecule has 4 rings (SSSR count). The van der Waals surface area contributed by atoms with E-state index in [9.17, 15) is 20.1 Å². The smallest absolute Gasteiger partial charge is 0.239 e. The van der Waals surface area contributed by atoms with Crippen LogP contribution in [0.4, 0.5) is 0 Å². The topological polar surface area (TPSA) is 121 Å². The number of aliphatic hydroxyl groups excluding tert-OH is 2. The standard InChI is InChI=1S/C44H70N2O7/c1-7-9-10-11-12-13-14-15-16-23-40(50)46(6)39-31-37(45-53-43(3,4)5)35-29-32(21-17-19-26-47)34(22-18-20-27-48)41-36-30-33(49)24-25-38(36)52-44(39,42(35)41)51-28-8-2/h8,24-25,29-30,32,34,39,41-42,47-49H,2,7,9-23,26-28,31H2,1,3-6H3/t32-,34+,39-,41+,42+,44+/m0/s1. The van der Waals surface area contributed by atoms with E-state index in [1.807, 2.05) is 44.9 Å². The van der Waals surface area contributed by atoms with Crippen molar-refractivity contribution < 1.29 is 34.4 Å². The third-order valence-corrected chi connectivity index (χ3v) is 11.4. The number of carbonyl (C=O) groups is 1. The van der Waals surface area contributed by atoms with E-state index in [-0.39, 0.29) is 55.1 Å². The maximum atomic E-state index is 14.2. The van der Waals surface area contributed by atoms with Crippen LogP contribution in [-0.2, 0) is 14.4 Å². The van der Waals surface area contributed by atoms with Crippen LogP contribution in [0.5, 0.6) is 11.5 Å². The van der Waals surface area contributed by atoms with E-state index in [4.69, 9.17) is 19.5 Å². The highest BCUT2D eigenvalue weighted by atomic mass is 16.7. The zero-order valence-corrected chi connectivity index (χ0v) is 33.5. The number of likely N-dealkylation sites (N-methyl/N-ethyl adjacent to an activating group) is 1. The number of unbranched alkanes of at least 4 members (excludes halogenated alkanes) is 10. The van der Waals surface area contributed by atoms with Crippen LogP contribution in [0.2, 0.25) is 0 Å². The number of allylic oxidation sites excluding steroid dienone is 1. The van der Waals surface area contributed by atoms with Gasteiger partial charge in [0, 0.05) is 44.6 Å². The lowest BCUT2D eigenvalue weighted by molar-refractivity contribution is -0.255. The lowest BCUT2D eigenvalue weighted by Crippen LogP contribution is -2.69. The number of oxime groups is 1. The first-order valence-corrected chi connectivity index (χ1v) is 20.7. The van der Waals surface area contributed by atoms with Crippen molar-refractivity contribution in [2.75, 3.05) is 26.9 Å². The third-order valence-electron chi connectivity index (χ3n) is 11.4. The number of fused-ring (bicyclic) bond motifs is 2. The van der Waals surface area contributed by atoms with Crippen molar-refractivity contribution in [3.05, 3.63) is 48.1 Å². The normalized spacial score (nSPS) is 25.6. The summed E-state index contributed by atoms with van der Waals surface area (Å²) < 4.78 is 14.0. The molecule has 0 spiro atoms. The number of hydrogen-bond donors (Lipinski definition) is 3. The van der Waals surface area contributed by atoms with E-state index < -0.39 is 17.4 Å². The number of amides is 1. The number of aromatic hydroxyl groups is 1. The van der Waals surface area contributed by atoms with E-state index in [1.165, 1.54) is 38.5 Å². The summed E-state index contributed by atoms with van der Waals surface area (Å²) in [4.78, 5) is 22.2. The van der Waals surface area contributed by atoms with Crippen LogP contribution in [0.3, 0.4) is 0 Å². The maximum absolute atomic E-state index is 14.2. The van der Waals surface area contributed by atoms with E-state index >= 15 is 0 Å². The van der Waals surface area contributed by atoms with Gasteiger partial charge in [-0.05, 0) is 88.5 Å². The van der Waals surface area contributed by atoms with Crippen LogP contribution < -0.4 is 4.74 Å². The van der Waals surface area contributed by atoms with Gasteiger partial charge in [-0.2, -0.15) is 0 Å². The van der Waals surface area contributed by atoms with Gasteiger partial charge in [0.25, 0.3) is 0 Å². The quantitative estimate of drug-likeness (QED) is 0.0582. The van der Waals surface area contributed by atoms with Crippen molar-refractivity contribution in [2.45, 2.75) is 160 Å². The Morgan fingerprint density at radius 1 is 1.00 bits per heavy atom. The summed E-state index contributed by atoms with van der Waals surface area (Å²) in [5.41, 5.74) is 2.17. The zero-order chi connectivity index (χ0) is 38.4. The van der Waals surface area contributed by atoms with Crippen LogP contribution >= 0.6 is 0 Å². The van der Waals surface area contributed by atoms with Crippen molar-refractivity contribution >= 4 is 11.6 Å².